The Hall–Kier alpha value is -2.31. The number of carbonyl (C=O) groups excluding carboxylic acids is 1. The van der Waals surface area contributed by atoms with Gasteiger partial charge in [-0.1, -0.05) is 30.7 Å². The minimum Gasteiger partial charge on any atom is -0.313 e. The third kappa shape index (κ3) is 7.37. The van der Waals surface area contributed by atoms with Crippen LogP contribution in [0.5, 0.6) is 0 Å². The van der Waals surface area contributed by atoms with Crippen LogP contribution in [0.25, 0.3) is 0 Å². The van der Waals surface area contributed by atoms with Gasteiger partial charge in [0.1, 0.15) is 11.6 Å². The summed E-state index contributed by atoms with van der Waals surface area (Å²) >= 11 is 0. The number of hydrogen-bond donors (Lipinski definition) is 3. The monoisotopic (exact) mass is 390 g/mol. The standard InChI is InChI=1S/C22H28F2N2O2/c1-16-14-18(8-12-21(16)24)15-25-13-3-2-4-19(22(27)26-28)9-5-17-6-10-20(23)11-7-17/h6-8,10-12,14,19,25,28H,2-5,9,13,15H2,1H3,(H,26,27)/t19-/m0/s1. The molecule has 1 amide bonds. The van der Waals surface area contributed by atoms with E-state index in [2.05, 4.69) is 5.32 Å². The fourth-order valence-electron chi connectivity index (χ4n) is 3.18. The average Bonchev–Trinajstić information content (AvgIpc) is 2.70. The fourth-order valence-corrected chi connectivity index (χ4v) is 3.18. The lowest BCUT2D eigenvalue weighted by Gasteiger charge is -2.15. The molecule has 0 aliphatic heterocycles. The highest BCUT2D eigenvalue weighted by molar-refractivity contribution is 5.77. The summed E-state index contributed by atoms with van der Waals surface area (Å²) in [7, 11) is 0. The fraction of sp³-hybridized carbons (Fsp3) is 0.409. The van der Waals surface area contributed by atoms with Crippen molar-refractivity contribution in [2.45, 2.75) is 45.6 Å². The van der Waals surface area contributed by atoms with Crippen molar-refractivity contribution in [3.05, 3.63) is 70.8 Å². The Morgan fingerprint density at radius 1 is 1.04 bits per heavy atom. The Labute approximate surface area is 164 Å². The van der Waals surface area contributed by atoms with Gasteiger partial charge in [0, 0.05) is 12.5 Å². The van der Waals surface area contributed by atoms with E-state index in [1.165, 1.54) is 18.2 Å². The Bertz CT molecular complexity index is 751. The number of unbranched alkanes of at least 4 members (excludes halogenated alkanes) is 1. The molecular weight excluding hydrogens is 362 g/mol. The van der Waals surface area contributed by atoms with Gasteiger partial charge < -0.3 is 5.32 Å². The van der Waals surface area contributed by atoms with Crippen molar-refractivity contribution in [3.63, 3.8) is 0 Å². The van der Waals surface area contributed by atoms with E-state index >= 15 is 0 Å². The maximum atomic E-state index is 13.3. The van der Waals surface area contributed by atoms with Crippen molar-refractivity contribution < 1.29 is 18.8 Å². The van der Waals surface area contributed by atoms with Gasteiger partial charge in [0.25, 0.3) is 0 Å². The van der Waals surface area contributed by atoms with Gasteiger partial charge in [0.15, 0.2) is 0 Å². The number of halogens is 2. The van der Waals surface area contributed by atoms with Crippen molar-refractivity contribution in [2.75, 3.05) is 6.54 Å². The third-order valence-corrected chi connectivity index (χ3v) is 4.88. The van der Waals surface area contributed by atoms with Gasteiger partial charge in [0.2, 0.25) is 5.91 Å². The zero-order valence-corrected chi connectivity index (χ0v) is 16.2. The molecule has 0 fully saturated rings. The predicted octanol–water partition coefficient (Wildman–Crippen LogP) is 4.29. The summed E-state index contributed by atoms with van der Waals surface area (Å²) in [4.78, 5) is 11.9. The zero-order chi connectivity index (χ0) is 20.4. The molecule has 0 aromatic heterocycles. The molecule has 0 aliphatic rings. The molecule has 0 heterocycles. The number of amides is 1. The first kappa shape index (κ1) is 22.0. The predicted molar refractivity (Wildman–Crippen MR) is 105 cm³/mol. The molecule has 0 aliphatic carbocycles. The molecule has 28 heavy (non-hydrogen) atoms. The SMILES string of the molecule is Cc1cc(CNCCCC[C@@H](CCc2ccc(F)cc2)C(=O)NO)ccc1F. The summed E-state index contributed by atoms with van der Waals surface area (Å²) in [6.07, 6.45) is 3.66. The zero-order valence-electron chi connectivity index (χ0n) is 16.2. The van der Waals surface area contributed by atoms with E-state index in [1.807, 2.05) is 6.07 Å². The van der Waals surface area contributed by atoms with Gasteiger partial charge in [-0.25, -0.2) is 14.3 Å². The highest BCUT2D eigenvalue weighted by Gasteiger charge is 2.17. The van der Waals surface area contributed by atoms with E-state index in [1.54, 1.807) is 30.6 Å². The molecule has 0 unspecified atom stereocenters. The number of nitrogens with one attached hydrogen (secondary N) is 2. The summed E-state index contributed by atoms with van der Waals surface area (Å²) in [6.45, 7) is 3.21. The maximum Gasteiger partial charge on any atom is 0.246 e. The van der Waals surface area contributed by atoms with Crippen LogP contribution >= 0.6 is 0 Å². The quantitative estimate of drug-likeness (QED) is 0.305. The summed E-state index contributed by atoms with van der Waals surface area (Å²) in [5, 5.41) is 12.3. The van der Waals surface area contributed by atoms with E-state index in [0.29, 0.717) is 31.4 Å². The van der Waals surface area contributed by atoms with Crippen LogP contribution in [0.15, 0.2) is 42.5 Å². The number of carbonyl (C=O) groups is 1. The van der Waals surface area contributed by atoms with E-state index in [-0.39, 0.29) is 23.5 Å². The lowest BCUT2D eigenvalue weighted by atomic mass is 9.93. The highest BCUT2D eigenvalue weighted by Crippen LogP contribution is 2.17. The molecule has 0 saturated heterocycles. The molecule has 4 nitrogen and oxygen atoms in total. The molecule has 2 aromatic rings. The first-order chi connectivity index (χ1) is 13.5. The molecule has 152 valence electrons. The maximum absolute atomic E-state index is 13.3. The van der Waals surface area contributed by atoms with Crippen LogP contribution in [0.1, 0.15) is 42.4 Å². The van der Waals surface area contributed by atoms with Gasteiger partial charge in [-0.15, -0.1) is 0 Å². The molecule has 2 rings (SSSR count). The Morgan fingerprint density at radius 3 is 2.43 bits per heavy atom. The van der Waals surface area contributed by atoms with Crippen LogP contribution in [-0.4, -0.2) is 17.7 Å². The van der Waals surface area contributed by atoms with E-state index in [4.69, 9.17) is 5.21 Å². The van der Waals surface area contributed by atoms with Gasteiger partial charge in [0.05, 0.1) is 0 Å². The largest absolute Gasteiger partial charge is 0.313 e. The number of rotatable bonds is 11. The number of benzene rings is 2. The molecule has 2 aromatic carbocycles. The van der Waals surface area contributed by atoms with Crippen molar-refractivity contribution >= 4 is 5.91 Å². The van der Waals surface area contributed by atoms with Crippen molar-refractivity contribution in [1.82, 2.24) is 10.8 Å². The number of hydroxylamine groups is 1. The van der Waals surface area contributed by atoms with Crippen LogP contribution < -0.4 is 10.8 Å². The molecule has 0 bridgehead atoms. The summed E-state index contributed by atoms with van der Waals surface area (Å²) < 4.78 is 26.2. The third-order valence-electron chi connectivity index (χ3n) is 4.88. The normalized spacial score (nSPS) is 12.0. The van der Waals surface area contributed by atoms with E-state index in [0.717, 1.165) is 30.5 Å². The van der Waals surface area contributed by atoms with Crippen LogP contribution in [0.3, 0.4) is 0 Å². The van der Waals surface area contributed by atoms with Gasteiger partial charge >= 0.3 is 0 Å². The minimum absolute atomic E-state index is 0.197. The number of aryl methyl sites for hydroxylation is 2. The molecule has 0 spiro atoms. The first-order valence-electron chi connectivity index (χ1n) is 9.63. The van der Waals surface area contributed by atoms with E-state index in [9.17, 15) is 13.6 Å². The Kier molecular flexibility index (Phi) is 9.04. The van der Waals surface area contributed by atoms with Crippen molar-refractivity contribution in [2.24, 2.45) is 5.92 Å². The van der Waals surface area contributed by atoms with Crippen LogP contribution in [0.2, 0.25) is 0 Å². The second kappa shape index (κ2) is 11.5. The van der Waals surface area contributed by atoms with E-state index < -0.39 is 0 Å². The van der Waals surface area contributed by atoms with Crippen LogP contribution in [-0.2, 0) is 17.8 Å². The average molecular weight is 390 g/mol. The molecule has 6 heteroatoms. The Morgan fingerprint density at radius 2 is 1.75 bits per heavy atom. The van der Waals surface area contributed by atoms with Crippen molar-refractivity contribution in [3.8, 4) is 0 Å². The van der Waals surface area contributed by atoms with Gasteiger partial charge in [-0.05, 0) is 74.0 Å². The second-order valence-electron chi connectivity index (χ2n) is 7.09. The van der Waals surface area contributed by atoms with Crippen LogP contribution in [0, 0.1) is 24.5 Å². The molecule has 1 atom stereocenters. The van der Waals surface area contributed by atoms with Gasteiger partial charge in [-0.2, -0.15) is 0 Å². The van der Waals surface area contributed by atoms with Crippen molar-refractivity contribution in [1.29, 1.82) is 0 Å². The molecule has 0 saturated carbocycles. The van der Waals surface area contributed by atoms with Gasteiger partial charge in [-0.3, -0.25) is 10.0 Å². The molecule has 3 N–H and O–H groups in total. The summed E-state index contributed by atoms with van der Waals surface area (Å²) in [6, 6.07) is 11.3. The minimum atomic E-state index is -0.378. The lowest BCUT2D eigenvalue weighted by molar-refractivity contribution is -0.133. The second-order valence-corrected chi connectivity index (χ2v) is 7.09. The molecular formula is C22H28F2N2O2. The van der Waals surface area contributed by atoms with Crippen LogP contribution in [0.4, 0.5) is 8.78 Å². The Balaban J connectivity index is 1.68. The topological polar surface area (TPSA) is 61.4 Å². The molecule has 0 radical (unpaired) electrons. The summed E-state index contributed by atoms with van der Waals surface area (Å²) in [5.74, 6) is -1.14. The number of hydrogen-bond acceptors (Lipinski definition) is 3. The highest BCUT2D eigenvalue weighted by atomic mass is 19.1. The first-order valence-corrected chi connectivity index (χ1v) is 9.63. The smallest absolute Gasteiger partial charge is 0.246 e. The lowest BCUT2D eigenvalue weighted by Crippen LogP contribution is -2.28. The summed E-state index contributed by atoms with van der Waals surface area (Å²) in [5.41, 5.74) is 4.39.